The van der Waals surface area contributed by atoms with E-state index in [4.69, 9.17) is 4.74 Å². The number of benzene rings is 1. The summed E-state index contributed by atoms with van der Waals surface area (Å²) >= 11 is 0. The third kappa shape index (κ3) is 4.40. The molecule has 3 rings (SSSR count). The summed E-state index contributed by atoms with van der Waals surface area (Å²) in [4.78, 5) is 39.3. The minimum atomic E-state index is -1.07. The molecule has 2 heterocycles. The quantitative estimate of drug-likeness (QED) is 0.843. The summed E-state index contributed by atoms with van der Waals surface area (Å²) in [6, 6.07) is 2.98. The Bertz CT molecular complexity index is 760. The molecule has 0 atom stereocenters. The van der Waals surface area contributed by atoms with Gasteiger partial charge in [-0.2, -0.15) is 0 Å². The van der Waals surface area contributed by atoms with E-state index in [1.54, 1.807) is 11.8 Å². The fourth-order valence-corrected chi connectivity index (χ4v) is 3.36. The van der Waals surface area contributed by atoms with Crippen molar-refractivity contribution in [3.63, 3.8) is 0 Å². The molecule has 0 aliphatic carbocycles. The van der Waals surface area contributed by atoms with Gasteiger partial charge in [0.2, 0.25) is 5.91 Å². The molecule has 3 amide bonds. The number of carbonyl (C=O) groups excluding carboxylic acids is 3. The lowest BCUT2D eigenvalue weighted by atomic mass is 9.96. The summed E-state index contributed by atoms with van der Waals surface area (Å²) in [5, 5.41) is 2.96. The molecule has 2 aliphatic heterocycles. The molecule has 0 spiro atoms. The lowest BCUT2D eigenvalue weighted by Crippen LogP contribution is -2.57. The zero-order chi connectivity index (χ0) is 20.3. The molecular formula is C19H23F2N3O4. The second-order valence-corrected chi connectivity index (χ2v) is 7.00. The normalized spacial score (nSPS) is 17.8. The Morgan fingerprint density at radius 3 is 2.39 bits per heavy atom. The molecule has 1 aromatic rings. The lowest BCUT2D eigenvalue weighted by molar-refractivity contribution is -0.130. The number of nitrogens with one attached hydrogen (secondary N) is 1. The molecule has 9 heteroatoms. The number of rotatable bonds is 4. The lowest BCUT2D eigenvalue weighted by Gasteiger charge is -2.39. The van der Waals surface area contributed by atoms with Crippen molar-refractivity contribution in [3.05, 3.63) is 35.4 Å². The molecule has 1 N–H and O–H groups in total. The third-order valence-electron chi connectivity index (χ3n) is 5.07. The van der Waals surface area contributed by atoms with Crippen LogP contribution in [0.15, 0.2) is 18.2 Å². The van der Waals surface area contributed by atoms with Gasteiger partial charge in [0.05, 0.1) is 12.5 Å². The Morgan fingerprint density at radius 2 is 1.79 bits per heavy atom. The number of likely N-dealkylation sites (tertiary alicyclic amines) is 2. The van der Waals surface area contributed by atoms with E-state index in [2.05, 4.69) is 5.32 Å². The highest BCUT2D eigenvalue weighted by atomic mass is 19.2. The highest BCUT2D eigenvalue weighted by Gasteiger charge is 2.37. The van der Waals surface area contributed by atoms with Gasteiger partial charge in [-0.05, 0) is 38.0 Å². The summed E-state index contributed by atoms with van der Waals surface area (Å²) in [5.74, 6) is -2.96. The number of carbonyl (C=O) groups is 3. The van der Waals surface area contributed by atoms with Crippen molar-refractivity contribution >= 4 is 17.9 Å². The fraction of sp³-hybridized carbons (Fsp3) is 0.526. The van der Waals surface area contributed by atoms with E-state index < -0.39 is 17.5 Å². The van der Waals surface area contributed by atoms with E-state index in [0.29, 0.717) is 32.5 Å². The van der Waals surface area contributed by atoms with Gasteiger partial charge in [0.1, 0.15) is 0 Å². The Labute approximate surface area is 161 Å². The van der Waals surface area contributed by atoms with Gasteiger partial charge in [-0.3, -0.25) is 9.59 Å². The van der Waals surface area contributed by atoms with Crippen LogP contribution >= 0.6 is 0 Å². The van der Waals surface area contributed by atoms with Crippen LogP contribution in [0.1, 0.15) is 30.1 Å². The molecule has 28 heavy (non-hydrogen) atoms. The van der Waals surface area contributed by atoms with Crippen LogP contribution in [-0.2, 0) is 9.53 Å². The minimum absolute atomic E-state index is 0.0193. The van der Waals surface area contributed by atoms with Gasteiger partial charge in [-0.1, -0.05) is 0 Å². The molecular weight excluding hydrogens is 372 g/mol. The van der Waals surface area contributed by atoms with Crippen LogP contribution in [0.4, 0.5) is 13.6 Å². The van der Waals surface area contributed by atoms with Crippen molar-refractivity contribution in [2.75, 3.05) is 32.8 Å². The van der Waals surface area contributed by atoms with Crippen LogP contribution in [0, 0.1) is 17.6 Å². The highest BCUT2D eigenvalue weighted by molar-refractivity contribution is 5.96. The van der Waals surface area contributed by atoms with Crippen molar-refractivity contribution in [2.24, 2.45) is 5.92 Å². The average Bonchev–Trinajstić information content (AvgIpc) is 2.63. The standard InChI is InChI=1S/C19H23F2N3O4/c1-2-28-19(27)23-7-5-14(6-8-23)22-17(25)13-10-24(11-13)18(26)12-3-4-15(20)16(21)9-12/h3-4,9,13-14H,2,5-8,10-11H2,1H3,(H,22,25). The van der Waals surface area contributed by atoms with Crippen LogP contribution < -0.4 is 5.32 Å². The summed E-state index contributed by atoms with van der Waals surface area (Å²) in [7, 11) is 0. The smallest absolute Gasteiger partial charge is 0.409 e. The highest BCUT2D eigenvalue weighted by Crippen LogP contribution is 2.21. The van der Waals surface area contributed by atoms with Gasteiger partial charge in [0.15, 0.2) is 11.6 Å². The summed E-state index contributed by atoms with van der Waals surface area (Å²) < 4.78 is 31.2. The van der Waals surface area contributed by atoms with E-state index in [1.165, 1.54) is 11.0 Å². The number of hydrogen-bond acceptors (Lipinski definition) is 4. The number of ether oxygens (including phenoxy) is 1. The molecule has 2 aliphatic rings. The molecule has 0 radical (unpaired) electrons. The first-order valence-electron chi connectivity index (χ1n) is 9.35. The fourth-order valence-electron chi connectivity index (χ4n) is 3.36. The van der Waals surface area contributed by atoms with E-state index in [-0.39, 0.29) is 42.6 Å². The Kier molecular flexibility index (Phi) is 6.11. The first-order chi connectivity index (χ1) is 13.4. The Balaban J connectivity index is 1.42. The second kappa shape index (κ2) is 8.53. The molecule has 0 aromatic heterocycles. The van der Waals surface area contributed by atoms with Crippen LogP contribution in [0.2, 0.25) is 0 Å². The number of amides is 3. The largest absolute Gasteiger partial charge is 0.450 e. The number of hydrogen-bond donors (Lipinski definition) is 1. The van der Waals surface area contributed by atoms with Gasteiger partial charge in [-0.15, -0.1) is 0 Å². The van der Waals surface area contributed by atoms with Gasteiger partial charge < -0.3 is 19.9 Å². The maximum Gasteiger partial charge on any atom is 0.409 e. The number of piperidine rings is 1. The maximum atomic E-state index is 13.3. The van der Waals surface area contributed by atoms with Gasteiger partial charge in [-0.25, -0.2) is 13.6 Å². The van der Waals surface area contributed by atoms with E-state index >= 15 is 0 Å². The summed E-state index contributed by atoms with van der Waals surface area (Å²) in [6.45, 7) is 3.61. The number of halogens is 2. The third-order valence-corrected chi connectivity index (χ3v) is 5.07. The van der Waals surface area contributed by atoms with Gasteiger partial charge >= 0.3 is 6.09 Å². The van der Waals surface area contributed by atoms with Crippen molar-refractivity contribution in [3.8, 4) is 0 Å². The van der Waals surface area contributed by atoms with Crippen molar-refractivity contribution < 1.29 is 27.9 Å². The van der Waals surface area contributed by atoms with Crippen molar-refractivity contribution in [1.29, 1.82) is 0 Å². The predicted octanol–water partition coefficient (Wildman–Crippen LogP) is 1.77. The molecule has 152 valence electrons. The van der Waals surface area contributed by atoms with Gasteiger partial charge in [0, 0.05) is 37.8 Å². The van der Waals surface area contributed by atoms with Crippen LogP contribution in [0.3, 0.4) is 0 Å². The molecule has 1 aromatic carbocycles. The van der Waals surface area contributed by atoms with Gasteiger partial charge in [0.25, 0.3) is 5.91 Å². The molecule has 7 nitrogen and oxygen atoms in total. The van der Waals surface area contributed by atoms with Crippen LogP contribution in [0.25, 0.3) is 0 Å². The van der Waals surface area contributed by atoms with Crippen molar-refractivity contribution in [1.82, 2.24) is 15.1 Å². The van der Waals surface area contributed by atoms with E-state index in [1.807, 2.05) is 0 Å². The Hall–Kier alpha value is -2.71. The molecule has 2 fully saturated rings. The topological polar surface area (TPSA) is 79.0 Å². The summed E-state index contributed by atoms with van der Waals surface area (Å²) in [5.41, 5.74) is 0.0593. The van der Waals surface area contributed by atoms with Crippen molar-refractivity contribution in [2.45, 2.75) is 25.8 Å². The molecule has 0 bridgehead atoms. The average molecular weight is 395 g/mol. The number of nitrogens with zero attached hydrogens (tertiary/aromatic N) is 2. The predicted molar refractivity (Wildman–Crippen MR) is 95.5 cm³/mol. The zero-order valence-corrected chi connectivity index (χ0v) is 15.6. The monoisotopic (exact) mass is 395 g/mol. The summed E-state index contributed by atoms with van der Waals surface area (Å²) in [6.07, 6.45) is 0.960. The molecule has 0 saturated carbocycles. The van der Waals surface area contributed by atoms with E-state index in [0.717, 1.165) is 12.1 Å². The van der Waals surface area contributed by atoms with Crippen LogP contribution in [0.5, 0.6) is 0 Å². The first-order valence-corrected chi connectivity index (χ1v) is 9.35. The molecule has 2 saturated heterocycles. The second-order valence-electron chi connectivity index (χ2n) is 7.00. The first kappa shape index (κ1) is 20.0. The zero-order valence-electron chi connectivity index (χ0n) is 15.6. The molecule has 0 unspecified atom stereocenters. The van der Waals surface area contributed by atoms with Crippen LogP contribution in [-0.4, -0.2) is 66.5 Å². The minimum Gasteiger partial charge on any atom is -0.450 e. The SMILES string of the molecule is CCOC(=O)N1CCC(NC(=O)C2CN(C(=O)c3ccc(F)c(F)c3)C2)CC1. The maximum absolute atomic E-state index is 13.3. The Morgan fingerprint density at radius 1 is 1.11 bits per heavy atom. The van der Waals surface area contributed by atoms with E-state index in [9.17, 15) is 23.2 Å².